The van der Waals surface area contributed by atoms with Gasteiger partial charge in [0.05, 0.1) is 12.1 Å². The maximum absolute atomic E-state index is 14.9. The van der Waals surface area contributed by atoms with Gasteiger partial charge in [0.1, 0.15) is 36.1 Å². The van der Waals surface area contributed by atoms with Crippen LogP contribution in [-0.2, 0) is 11.2 Å². The van der Waals surface area contributed by atoms with Crippen LogP contribution in [0.3, 0.4) is 0 Å². The van der Waals surface area contributed by atoms with Gasteiger partial charge in [-0.05, 0) is 47.9 Å². The van der Waals surface area contributed by atoms with Crippen molar-refractivity contribution in [2.45, 2.75) is 55.8 Å². The summed E-state index contributed by atoms with van der Waals surface area (Å²) in [4.78, 5) is 0. The van der Waals surface area contributed by atoms with E-state index < -0.39 is 48.9 Å². The Morgan fingerprint density at radius 1 is 0.969 bits per heavy atom. The SMILES string of the molecule is OCC1OC(n2cc(Cc3ccc(C4CC4)cc3)c3c(F)cc(F)cc32)[C@H](O)C(O)[C@@H]1O. The fraction of sp³-hybridized carbons (Fsp3) is 0.417. The number of fused-ring (bicyclic) bond motifs is 1. The number of nitrogens with zero attached hydrogens (tertiary/aromatic N) is 1. The Hall–Kier alpha value is -2.36. The Labute approximate surface area is 183 Å². The van der Waals surface area contributed by atoms with Crippen LogP contribution in [0.2, 0.25) is 0 Å². The van der Waals surface area contributed by atoms with Crippen molar-refractivity contribution in [2.24, 2.45) is 0 Å². The molecule has 170 valence electrons. The second-order valence-corrected chi connectivity index (χ2v) is 8.76. The average Bonchev–Trinajstić information content (AvgIpc) is 3.56. The zero-order valence-electron chi connectivity index (χ0n) is 17.2. The molecular formula is C24H25F2NO5. The number of hydrogen-bond donors (Lipinski definition) is 4. The minimum atomic E-state index is -1.60. The molecule has 2 aromatic carbocycles. The Morgan fingerprint density at radius 3 is 2.34 bits per heavy atom. The molecule has 2 heterocycles. The zero-order chi connectivity index (χ0) is 22.6. The zero-order valence-corrected chi connectivity index (χ0v) is 17.2. The maximum atomic E-state index is 14.9. The van der Waals surface area contributed by atoms with Crippen LogP contribution in [0.4, 0.5) is 8.78 Å². The third kappa shape index (κ3) is 3.72. The lowest BCUT2D eigenvalue weighted by Gasteiger charge is -2.40. The highest BCUT2D eigenvalue weighted by Crippen LogP contribution is 2.40. The lowest BCUT2D eigenvalue weighted by molar-refractivity contribution is -0.250. The molecule has 0 bridgehead atoms. The maximum Gasteiger partial charge on any atom is 0.163 e. The van der Waals surface area contributed by atoms with E-state index >= 15 is 0 Å². The predicted molar refractivity (Wildman–Crippen MR) is 112 cm³/mol. The molecule has 2 aliphatic rings. The summed E-state index contributed by atoms with van der Waals surface area (Å²) in [5.74, 6) is -0.912. The summed E-state index contributed by atoms with van der Waals surface area (Å²) in [5, 5.41) is 40.5. The fourth-order valence-corrected chi connectivity index (χ4v) is 4.58. The minimum Gasteiger partial charge on any atom is -0.394 e. The van der Waals surface area contributed by atoms with Crippen LogP contribution < -0.4 is 0 Å². The number of hydrogen-bond acceptors (Lipinski definition) is 5. The first-order valence-electron chi connectivity index (χ1n) is 10.7. The van der Waals surface area contributed by atoms with Gasteiger partial charge in [0.2, 0.25) is 0 Å². The molecule has 3 unspecified atom stereocenters. The molecule has 1 saturated carbocycles. The predicted octanol–water partition coefficient (Wildman–Crippen LogP) is 2.36. The molecule has 2 fully saturated rings. The van der Waals surface area contributed by atoms with E-state index in [1.807, 2.05) is 12.1 Å². The number of rotatable bonds is 5. The third-order valence-corrected chi connectivity index (χ3v) is 6.49. The molecule has 0 amide bonds. The Morgan fingerprint density at radius 2 is 1.69 bits per heavy atom. The van der Waals surface area contributed by atoms with Gasteiger partial charge in [0.25, 0.3) is 0 Å². The molecule has 1 aliphatic heterocycles. The normalized spacial score (nSPS) is 28.4. The van der Waals surface area contributed by atoms with Crippen LogP contribution in [0.1, 0.15) is 41.7 Å². The van der Waals surface area contributed by atoms with E-state index in [1.165, 1.54) is 23.0 Å². The molecule has 8 heteroatoms. The lowest BCUT2D eigenvalue weighted by atomic mass is 9.98. The van der Waals surface area contributed by atoms with Gasteiger partial charge in [0.15, 0.2) is 6.23 Å². The Bertz CT molecular complexity index is 1130. The van der Waals surface area contributed by atoms with Crippen molar-refractivity contribution in [3.05, 3.63) is 70.9 Å². The smallest absolute Gasteiger partial charge is 0.163 e. The van der Waals surface area contributed by atoms with Gasteiger partial charge < -0.3 is 29.7 Å². The molecule has 1 aliphatic carbocycles. The van der Waals surface area contributed by atoms with Gasteiger partial charge in [-0.2, -0.15) is 0 Å². The molecule has 0 radical (unpaired) electrons. The van der Waals surface area contributed by atoms with Crippen molar-refractivity contribution in [2.75, 3.05) is 6.61 Å². The largest absolute Gasteiger partial charge is 0.394 e. The van der Waals surface area contributed by atoms with Crippen molar-refractivity contribution < 1.29 is 33.9 Å². The molecule has 0 spiro atoms. The average molecular weight is 445 g/mol. The summed E-state index contributed by atoms with van der Waals surface area (Å²) in [7, 11) is 0. The van der Waals surface area contributed by atoms with Crippen molar-refractivity contribution in [1.29, 1.82) is 0 Å². The number of ether oxygens (including phenoxy) is 1. The highest BCUT2D eigenvalue weighted by Gasteiger charge is 2.44. The summed E-state index contributed by atoms with van der Waals surface area (Å²) in [6.45, 7) is -0.594. The van der Waals surface area contributed by atoms with Crippen LogP contribution in [0, 0.1) is 11.6 Å². The molecule has 5 atom stereocenters. The highest BCUT2D eigenvalue weighted by atomic mass is 19.1. The van der Waals surface area contributed by atoms with E-state index in [9.17, 15) is 29.2 Å². The first kappa shape index (κ1) is 21.5. The summed E-state index contributed by atoms with van der Waals surface area (Å²) < 4.78 is 35.9. The van der Waals surface area contributed by atoms with Crippen LogP contribution in [-0.4, -0.2) is 56.0 Å². The van der Waals surface area contributed by atoms with Crippen molar-refractivity contribution in [3.63, 3.8) is 0 Å². The van der Waals surface area contributed by atoms with Gasteiger partial charge >= 0.3 is 0 Å². The molecule has 1 saturated heterocycles. The highest BCUT2D eigenvalue weighted by molar-refractivity contribution is 5.85. The van der Waals surface area contributed by atoms with Crippen LogP contribution in [0.5, 0.6) is 0 Å². The van der Waals surface area contributed by atoms with Crippen molar-refractivity contribution >= 4 is 10.9 Å². The van der Waals surface area contributed by atoms with Gasteiger partial charge in [-0.25, -0.2) is 8.78 Å². The van der Waals surface area contributed by atoms with E-state index in [1.54, 1.807) is 6.20 Å². The van der Waals surface area contributed by atoms with E-state index in [0.717, 1.165) is 17.7 Å². The summed E-state index contributed by atoms with van der Waals surface area (Å²) >= 11 is 0. The third-order valence-electron chi connectivity index (χ3n) is 6.49. The Balaban J connectivity index is 1.56. The first-order chi connectivity index (χ1) is 15.4. The first-order valence-corrected chi connectivity index (χ1v) is 10.7. The molecular weight excluding hydrogens is 420 g/mol. The summed E-state index contributed by atoms with van der Waals surface area (Å²) in [6.07, 6.45) is -2.74. The second-order valence-electron chi connectivity index (χ2n) is 8.76. The number of aliphatic hydroxyl groups excluding tert-OH is 4. The Kier molecular flexibility index (Phi) is 5.51. The standard InChI is InChI=1S/C24H25F2NO5/c25-16-8-17(26)20-15(7-12-1-3-13(4-2-12)14-5-6-14)10-27(18(20)9-16)24-23(31)22(30)21(29)19(11-28)32-24/h1-4,8-10,14,19,21-24,28-31H,5-7,11H2/t19?,21-,22?,23-,24?/m1/s1. The summed E-state index contributed by atoms with van der Waals surface area (Å²) in [5.41, 5.74) is 2.95. The molecule has 32 heavy (non-hydrogen) atoms. The van der Waals surface area contributed by atoms with Gasteiger partial charge in [-0.15, -0.1) is 0 Å². The van der Waals surface area contributed by atoms with Gasteiger partial charge in [-0.3, -0.25) is 0 Å². The lowest BCUT2D eigenvalue weighted by Crippen LogP contribution is -2.56. The van der Waals surface area contributed by atoms with E-state index in [4.69, 9.17) is 4.74 Å². The van der Waals surface area contributed by atoms with Gasteiger partial charge in [0, 0.05) is 17.6 Å². The van der Waals surface area contributed by atoms with Gasteiger partial charge in [-0.1, -0.05) is 24.3 Å². The number of aromatic nitrogens is 1. The van der Waals surface area contributed by atoms with Crippen molar-refractivity contribution in [1.82, 2.24) is 4.57 Å². The van der Waals surface area contributed by atoms with E-state index in [2.05, 4.69) is 12.1 Å². The number of benzene rings is 2. The quantitative estimate of drug-likeness (QED) is 0.484. The monoisotopic (exact) mass is 445 g/mol. The topological polar surface area (TPSA) is 95.1 Å². The van der Waals surface area contributed by atoms with E-state index in [-0.39, 0.29) is 10.9 Å². The van der Waals surface area contributed by atoms with Crippen LogP contribution in [0.25, 0.3) is 10.9 Å². The van der Waals surface area contributed by atoms with E-state index in [0.29, 0.717) is 17.9 Å². The minimum absolute atomic E-state index is 0.149. The fourth-order valence-electron chi connectivity index (χ4n) is 4.58. The molecule has 3 aromatic rings. The van der Waals surface area contributed by atoms with Crippen LogP contribution >= 0.6 is 0 Å². The molecule has 4 N–H and O–H groups in total. The van der Waals surface area contributed by atoms with Crippen molar-refractivity contribution in [3.8, 4) is 0 Å². The van der Waals surface area contributed by atoms with Crippen LogP contribution in [0.15, 0.2) is 42.6 Å². The molecule has 1 aromatic heterocycles. The number of aliphatic hydroxyl groups is 4. The molecule has 5 rings (SSSR count). The number of halogens is 2. The second kappa shape index (κ2) is 8.20. The molecule has 6 nitrogen and oxygen atoms in total. The summed E-state index contributed by atoms with van der Waals surface area (Å²) in [6, 6.07) is 10.1.